The van der Waals surface area contributed by atoms with Crippen LogP contribution in [0.1, 0.15) is 28.7 Å². The van der Waals surface area contributed by atoms with Crippen molar-refractivity contribution in [3.8, 4) is 22.8 Å². The lowest BCUT2D eigenvalue weighted by molar-refractivity contribution is -0.141. The summed E-state index contributed by atoms with van der Waals surface area (Å²) in [5.41, 5.74) is -2.20. The zero-order chi connectivity index (χ0) is 26.1. The Hall–Kier alpha value is -3.90. The van der Waals surface area contributed by atoms with Crippen molar-refractivity contribution in [1.29, 1.82) is 0 Å². The van der Waals surface area contributed by atoms with E-state index in [4.69, 9.17) is 9.47 Å². The zero-order valence-corrected chi connectivity index (χ0v) is 18.4. The minimum atomic E-state index is -4.77. The summed E-state index contributed by atoms with van der Waals surface area (Å²) in [6.07, 6.45) is -5.90. The van der Waals surface area contributed by atoms with Crippen molar-refractivity contribution in [2.75, 3.05) is 13.7 Å². The maximum absolute atomic E-state index is 13.8. The van der Waals surface area contributed by atoms with Gasteiger partial charge < -0.3 is 14.5 Å². The first-order valence-corrected chi connectivity index (χ1v) is 10.3. The summed E-state index contributed by atoms with van der Waals surface area (Å²) >= 11 is 0. The van der Waals surface area contributed by atoms with Crippen molar-refractivity contribution >= 4 is 5.97 Å². The van der Waals surface area contributed by atoms with E-state index in [1.165, 1.54) is 37.5 Å². The van der Waals surface area contributed by atoms with Gasteiger partial charge in [-0.1, -0.05) is 12.1 Å². The van der Waals surface area contributed by atoms with Gasteiger partial charge in [0.15, 0.2) is 0 Å². The first-order valence-electron chi connectivity index (χ1n) is 10.3. The van der Waals surface area contributed by atoms with E-state index in [0.717, 1.165) is 18.3 Å². The number of ether oxygens (including phenoxy) is 2. The molecule has 1 atom stereocenters. The SMILES string of the molecule is COc1cc(OCc2ccc(C(F)(F)F)nc2)ccc1-c1nc(C2C=CC(F)=NC2)[nH]c1C(F)(F)F. The number of pyridine rings is 1. The van der Waals surface area contributed by atoms with Crippen LogP contribution in [0.15, 0.2) is 53.7 Å². The van der Waals surface area contributed by atoms with Crippen molar-refractivity contribution in [2.24, 2.45) is 4.99 Å². The van der Waals surface area contributed by atoms with E-state index >= 15 is 0 Å². The Labute approximate surface area is 199 Å². The average molecular weight is 514 g/mol. The van der Waals surface area contributed by atoms with E-state index in [1.807, 2.05) is 0 Å². The molecule has 13 heteroatoms. The standard InChI is InChI=1S/C23H17F7N4O2/c1-35-16-8-14(36-11-12-2-6-17(31-9-12)22(25,26)27)4-5-15(16)19-20(23(28,29)30)34-21(33-19)13-3-7-18(24)32-10-13/h2-9,13H,10-11H2,1H3,(H,33,34). The third-order valence-corrected chi connectivity index (χ3v) is 5.21. The minimum Gasteiger partial charge on any atom is -0.496 e. The number of aromatic amines is 1. The molecule has 1 aliphatic heterocycles. The van der Waals surface area contributed by atoms with Crippen LogP contribution in [0.25, 0.3) is 11.3 Å². The highest BCUT2D eigenvalue weighted by molar-refractivity contribution is 5.87. The van der Waals surface area contributed by atoms with Gasteiger partial charge in [0.1, 0.15) is 41.0 Å². The first kappa shape index (κ1) is 25.2. The molecule has 1 N–H and O–H groups in total. The van der Waals surface area contributed by atoms with E-state index < -0.39 is 41.3 Å². The molecule has 1 aliphatic rings. The molecular weight excluding hydrogens is 497 g/mol. The van der Waals surface area contributed by atoms with Gasteiger partial charge in [-0.05, 0) is 24.3 Å². The number of imidazole rings is 1. The molecule has 6 nitrogen and oxygen atoms in total. The molecule has 0 spiro atoms. The van der Waals surface area contributed by atoms with Gasteiger partial charge in [-0.25, -0.2) is 4.98 Å². The summed E-state index contributed by atoms with van der Waals surface area (Å²) in [6.45, 7) is -0.242. The molecule has 0 radical (unpaired) electrons. The minimum absolute atomic E-state index is 0.0184. The van der Waals surface area contributed by atoms with Crippen molar-refractivity contribution in [3.63, 3.8) is 0 Å². The normalized spacial score (nSPS) is 16.1. The molecule has 0 bridgehead atoms. The number of alkyl halides is 6. The number of dihydropyridines is 1. The number of benzene rings is 1. The van der Waals surface area contributed by atoms with E-state index in [0.29, 0.717) is 5.56 Å². The third kappa shape index (κ3) is 5.50. The number of aliphatic imine (C=N–C) groups is 1. The lowest BCUT2D eigenvalue weighted by Crippen LogP contribution is -2.10. The Morgan fingerprint density at radius 3 is 2.42 bits per heavy atom. The van der Waals surface area contributed by atoms with Gasteiger partial charge in [0.05, 0.1) is 19.6 Å². The number of nitrogens with one attached hydrogen (secondary N) is 1. The van der Waals surface area contributed by atoms with Crippen molar-refractivity contribution in [2.45, 2.75) is 24.9 Å². The zero-order valence-electron chi connectivity index (χ0n) is 18.4. The molecule has 0 aliphatic carbocycles. The number of nitrogens with zero attached hydrogens (tertiary/aromatic N) is 3. The van der Waals surface area contributed by atoms with Crippen LogP contribution in [0.3, 0.4) is 0 Å². The molecule has 4 rings (SSSR count). The second kappa shape index (κ2) is 9.63. The molecule has 3 heterocycles. The Kier molecular flexibility index (Phi) is 6.74. The van der Waals surface area contributed by atoms with Crippen LogP contribution in [0.5, 0.6) is 11.5 Å². The summed E-state index contributed by atoms with van der Waals surface area (Å²) in [5, 5.41) is 0. The molecule has 0 saturated carbocycles. The number of allylic oxidation sites excluding steroid dienone is 1. The number of rotatable bonds is 6. The fourth-order valence-corrected chi connectivity index (χ4v) is 3.44. The number of methoxy groups -OCH3 is 1. The molecule has 0 saturated heterocycles. The summed E-state index contributed by atoms with van der Waals surface area (Å²) in [7, 11) is 1.25. The second-order valence-electron chi connectivity index (χ2n) is 7.67. The van der Waals surface area contributed by atoms with Crippen molar-refractivity contribution in [1.82, 2.24) is 15.0 Å². The Bertz CT molecular complexity index is 1300. The summed E-state index contributed by atoms with van der Waals surface area (Å²) < 4.78 is 103. The van der Waals surface area contributed by atoms with Gasteiger partial charge in [-0.3, -0.25) is 9.98 Å². The highest BCUT2D eigenvalue weighted by Crippen LogP contribution is 2.41. The number of halogens is 7. The van der Waals surface area contributed by atoms with Crippen LogP contribution in [0.2, 0.25) is 0 Å². The smallest absolute Gasteiger partial charge is 0.433 e. The van der Waals surface area contributed by atoms with Gasteiger partial charge >= 0.3 is 12.4 Å². The monoisotopic (exact) mass is 514 g/mol. The highest BCUT2D eigenvalue weighted by Gasteiger charge is 2.39. The van der Waals surface area contributed by atoms with Crippen LogP contribution in [-0.2, 0) is 19.0 Å². The Morgan fingerprint density at radius 1 is 1.06 bits per heavy atom. The topological polar surface area (TPSA) is 72.4 Å². The molecule has 2 aromatic heterocycles. The average Bonchev–Trinajstić information content (AvgIpc) is 3.29. The molecule has 1 aromatic carbocycles. The van der Waals surface area contributed by atoms with Crippen LogP contribution in [-0.4, -0.2) is 34.6 Å². The maximum Gasteiger partial charge on any atom is 0.433 e. The molecular formula is C23H17F7N4O2. The molecule has 0 fully saturated rings. The van der Waals surface area contributed by atoms with E-state index in [9.17, 15) is 30.7 Å². The summed E-state index contributed by atoms with van der Waals surface area (Å²) in [5.74, 6) is -1.23. The van der Waals surface area contributed by atoms with Gasteiger partial charge in [-0.2, -0.15) is 30.7 Å². The first-order chi connectivity index (χ1) is 17.0. The third-order valence-electron chi connectivity index (χ3n) is 5.21. The van der Waals surface area contributed by atoms with E-state index in [1.54, 1.807) is 0 Å². The van der Waals surface area contributed by atoms with Crippen LogP contribution in [0.4, 0.5) is 30.7 Å². The van der Waals surface area contributed by atoms with Crippen LogP contribution < -0.4 is 9.47 Å². The quantitative estimate of drug-likeness (QED) is 0.403. The lowest BCUT2D eigenvalue weighted by atomic mass is 10.1. The van der Waals surface area contributed by atoms with Crippen LogP contribution in [0, 0.1) is 0 Å². The number of H-pyrrole nitrogens is 1. The van der Waals surface area contributed by atoms with Gasteiger partial charge in [0.2, 0.25) is 5.97 Å². The summed E-state index contributed by atoms with van der Waals surface area (Å²) in [4.78, 5) is 13.3. The largest absolute Gasteiger partial charge is 0.496 e. The van der Waals surface area contributed by atoms with Gasteiger partial charge in [0, 0.05) is 23.4 Å². The lowest BCUT2D eigenvalue weighted by Gasteiger charge is -2.13. The predicted octanol–water partition coefficient (Wildman–Crippen LogP) is 6.12. The number of hydrogen-bond acceptors (Lipinski definition) is 5. The highest BCUT2D eigenvalue weighted by atomic mass is 19.4. The molecule has 36 heavy (non-hydrogen) atoms. The van der Waals surface area contributed by atoms with E-state index in [2.05, 4.69) is 19.9 Å². The predicted molar refractivity (Wildman–Crippen MR) is 114 cm³/mol. The van der Waals surface area contributed by atoms with Gasteiger partial charge in [0.25, 0.3) is 0 Å². The molecule has 0 amide bonds. The molecule has 3 aromatic rings. The van der Waals surface area contributed by atoms with Gasteiger partial charge in [-0.15, -0.1) is 0 Å². The number of aromatic nitrogens is 3. The Morgan fingerprint density at radius 2 is 1.83 bits per heavy atom. The fraction of sp³-hybridized carbons (Fsp3) is 0.261. The number of hydrogen-bond donors (Lipinski definition) is 1. The maximum atomic E-state index is 13.8. The van der Waals surface area contributed by atoms with Crippen molar-refractivity contribution < 1.29 is 40.2 Å². The molecule has 190 valence electrons. The van der Waals surface area contributed by atoms with E-state index in [-0.39, 0.29) is 36.0 Å². The van der Waals surface area contributed by atoms with Crippen LogP contribution >= 0.6 is 0 Å². The molecule has 1 unspecified atom stereocenters. The Balaban J connectivity index is 1.59. The van der Waals surface area contributed by atoms with Crippen molar-refractivity contribution in [3.05, 3.63) is 71.5 Å². The second-order valence-corrected chi connectivity index (χ2v) is 7.67. The summed E-state index contributed by atoms with van der Waals surface area (Å²) in [6, 6.07) is 6.06. The fourth-order valence-electron chi connectivity index (χ4n) is 3.44.